The average Bonchev–Trinajstić information content (AvgIpc) is 3.15. The van der Waals surface area contributed by atoms with Gasteiger partial charge < -0.3 is 14.6 Å². The maximum Gasteiger partial charge on any atom is 0.314 e. The fourth-order valence-electron chi connectivity index (χ4n) is 3.02. The van der Waals surface area contributed by atoms with Gasteiger partial charge in [-0.25, -0.2) is 4.39 Å². The summed E-state index contributed by atoms with van der Waals surface area (Å²) in [5.74, 6) is -1.82. The van der Waals surface area contributed by atoms with Crippen LogP contribution in [-0.4, -0.2) is 17.0 Å². The molecular formula is C20H15FN2O4. The number of halogens is 1. The molecular weight excluding hydrogens is 351 g/mol. The van der Waals surface area contributed by atoms with Gasteiger partial charge in [-0.2, -0.15) is 0 Å². The lowest BCUT2D eigenvalue weighted by Gasteiger charge is -2.24. The Balaban J connectivity index is 1.46. The van der Waals surface area contributed by atoms with Crippen LogP contribution in [0.1, 0.15) is 23.7 Å². The number of carbonyl (C=O) groups is 2. The van der Waals surface area contributed by atoms with Crippen molar-refractivity contribution in [2.75, 3.05) is 5.32 Å². The Morgan fingerprint density at radius 2 is 2.04 bits per heavy atom. The van der Waals surface area contributed by atoms with E-state index in [0.29, 0.717) is 22.7 Å². The van der Waals surface area contributed by atoms with Crippen LogP contribution in [0.25, 0.3) is 11.3 Å². The van der Waals surface area contributed by atoms with E-state index in [1.54, 1.807) is 6.07 Å². The molecule has 1 atom stereocenters. The number of amides is 1. The Bertz CT molecular complexity index is 1000. The number of benzene rings is 2. The molecule has 1 unspecified atom stereocenters. The zero-order valence-corrected chi connectivity index (χ0v) is 14.1. The molecule has 2 aromatic carbocycles. The van der Waals surface area contributed by atoms with Crippen LogP contribution in [0.2, 0.25) is 0 Å². The van der Waals surface area contributed by atoms with Crippen LogP contribution in [0, 0.1) is 5.82 Å². The maximum atomic E-state index is 13.4. The summed E-state index contributed by atoms with van der Waals surface area (Å²) in [6.45, 7) is -0.104. The van der Waals surface area contributed by atoms with Gasteiger partial charge >= 0.3 is 5.97 Å². The highest BCUT2D eigenvalue weighted by atomic mass is 19.1. The van der Waals surface area contributed by atoms with Gasteiger partial charge in [0, 0.05) is 23.7 Å². The van der Waals surface area contributed by atoms with Crippen molar-refractivity contribution in [2.45, 2.75) is 18.9 Å². The largest absolute Gasteiger partial charge is 0.457 e. The summed E-state index contributed by atoms with van der Waals surface area (Å²) in [5.41, 5.74) is 2.35. The molecule has 1 N–H and O–H groups in total. The zero-order chi connectivity index (χ0) is 18.8. The Morgan fingerprint density at radius 3 is 2.85 bits per heavy atom. The molecule has 1 amide bonds. The molecule has 7 heteroatoms. The van der Waals surface area contributed by atoms with E-state index in [1.807, 2.05) is 30.3 Å². The van der Waals surface area contributed by atoms with E-state index >= 15 is 0 Å². The summed E-state index contributed by atoms with van der Waals surface area (Å²) in [5, 5.41) is 6.53. The van der Waals surface area contributed by atoms with Crippen molar-refractivity contribution in [2.24, 2.45) is 0 Å². The Kier molecular flexibility index (Phi) is 4.42. The monoisotopic (exact) mass is 366 g/mol. The smallest absolute Gasteiger partial charge is 0.314 e. The van der Waals surface area contributed by atoms with E-state index in [-0.39, 0.29) is 18.9 Å². The fourth-order valence-corrected chi connectivity index (χ4v) is 3.02. The Labute approximate surface area is 153 Å². The molecule has 0 fully saturated rings. The summed E-state index contributed by atoms with van der Waals surface area (Å²) in [4.78, 5) is 24.3. The maximum absolute atomic E-state index is 13.4. The second kappa shape index (κ2) is 7.03. The third-order valence-corrected chi connectivity index (χ3v) is 4.32. The molecule has 0 aliphatic carbocycles. The minimum Gasteiger partial charge on any atom is -0.457 e. The van der Waals surface area contributed by atoms with Gasteiger partial charge in [0.05, 0.1) is 5.92 Å². The number of hydrogen-bond acceptors (Lipinski definition) is 5. The van der Waals surface area contributed by atoms with E-state index in [1.165, 1.54) is 18.2 Å². The molecule has 136 valence electrons. The molecule has 0 saturated carbocycles. The molecule has 1 aliphatic heterocycles. The fraction of sp³-hybridized carbons (Fsp3) is 0.150. The SMILES string of the molecule is O=C1CC(C(=O)OCc2cc(-c3ccccc3)no2)c2ccc(F)cc2N1. The molecule has 0 saturated heterocycles. The first-order valence-electron chi connectivity index (χ1n) is 8.37. The Morgan fingerprint density at radius 1 is 1.22 bits per heavy atom. The summed E-state index contributed by atoms with van der Waals surface area (Å²) in [6.07, 6.45) is -0.0524. The number of fused-ring (bicyclic) bond motifs is 1. The second-order valence-electron chi connectivity index (χ2n) is 6.19. The van der Waals surface area contributed by atoms with Crippen molar-refractivity contribution in [3.63, 3.8) is 0 Å². The number of esters is 1. The lowest BCUT2D eigenvalue weighted by atomic mass is 9.90. The summed E-state index contributed by atoms with van der Waals surface area (Å²) >= 11 is 0. The van der Waals surface area contributed by atoms with Crippen molar-refractivity contribution in [1.82, 2.24) is 5.16 Å². The quantitative estimate of drug-likeness (QED) is 0.713. The van der Waals surface area contributed by atoms with Gasteiger partial charge in [-0.1, -0.05) is 41.6 Å². The van der Waals surface area contributed by atoms with E-state index in [0.717, 1.165) is 5.56 Å². The number of nitrogens with one attached hydrogen (secondary N) is 1. The minimum absolute atomic E-state index is 0.0524. The van der Waals surface area contributed by atoms with Gasteiger partial charge in [0.25, 0.3) is 0 Å². The topological polar surface area (TPSA) is 81.4 Å². The van der Waals surface area contributed by atoms with Crippen molar-refractivity contribution in [3.8, 4) is 11.3 Å². The van der Waals surface area contributed by atoms with Gasteiger partial charge in [-0.3, -0.25) is 9.59 Å². The molecule has 4 rings (SSSR count). The zero-order valence-electron chi connectivity index (χ0n) is 14.1. The number of carbonyl (C=O) groups excluding carboxylic acids is 2. The summed E-state index contributed by atoms with van der Waals surface area (Å²) in [7, 11) is 0. The van der Waals surface area contributed by atoms with Gasteiger partial charge in [0.1, 0.15) is 11.5 Å². The standard InChI is InChI=1S/C20H15FN2O4/c21-13-6-7-15-16(10-19(24)22-18(15)8-13)20(25)26-11-14-9-17(23-27-14)12-4-2-1-3-5-12/h1-9,16H,10-11H2,(H,22,24). The highest BCUT2D eigenvalue weighted by Gasteiger charge is 2.32. The van der Waals surface area contributed by atoms with Gasteiger partial charge in [-0.15, -0.1) is 0 Å². The minimum atomic E-state index is -0.786. The van der Waals surface area contributed by atoms with Crippen LogP contribution in [0.3, 0.4) is 0 Å². The average molecular weight is 366 g/mol. The first kappa shape index (κ1) is 17.0. The van der Waals surface area contributed by atoms with Crippen LogP contribution in [0.15, 0.2) is 59.1 Å². The lowest BCUT2D eigenvalue weighted by molar-refractivity contribution is -0.148. The number of ether oxygens (including phenoxy) is 1. The van der Waals surface area contributed by atoms with Crippen LogP contribution >= 0.6 is 0 Å². The number of aromatic nitrogens is 1. The first-order valence-corrected chi connectivity index (χ1v) is 8.37. The Hall–Kier alpha value is -3.48. The van der Waals surface area contributed by atoms with Crippen molar-refractivity contribution in [1.29, 1.82) is 0 Å². The number of nitrogens with zero attached hydrogens (tertiary/aromatic N) is 1. The summed E-state index contributed by atoms with van der Waals surface area (Å²) in [6, 6.07) is 15.1. The summed E-state index contributed by atoms with van der Waals surface area (Å²) < 4.78 is 23.9. The molecule has 27 heavy (non-hydrogen) atoms. The molecule has 6 nitrogen and oxygen atoms in total. The number of hydrogen-bond donors (Lipinski definition) is 1. The van der Waals surface area contributed by atoms with Gasteiger partial charge in [0.2, 0.25) is 5.91 Å². The van der Waals surface area contributed by atoms with E-state index in [4.69, 9.17) is 9.26 Å². The normalized spacial score (nSPS) is 15.7. The molecule has 0 bridgehead atoms. The highest BCUT2D eigenvalue weighted by Crippen LogP contribution is 2.33. The number of anilines is 1. The van der Waals surface area contributed by atoms with E-state index in [2.05, 4.69) is 10.5 Å². The first-order chi connectivity index (χ1) is 13.1. The van der Waals surface area contributed by atoms with Crippen molar-refractivity contribution >= 4 is 17.6 Å². The predicted molar refractivity (Wildman–Crippen MR) is 94.1 cm³/mol. The molecule has 3 aromatic rings. The van der Waals surface area contributed by atoms with Crippen molar-refractivity contribution < 1.29 is 23.2 Å². The molecule has 1 aromatic heterocycles. The van der Waals surface area contributed by atoms with Crippen LogP contribution in [0.4, 0.5) is 10.1 Å². The van der Waals surface area contributed by atoms with Crippen LogP contribution < -0.4 is 5.32 Å². The molecule has 0 spiro atoms. The number of rotatable bonds is 4. The van der Waals surface area contributed by atoms with Crippen LogP contribution in [-0.2, 0) is 20.9 Å². The lowest BCUT2D eigenvalue weighted by Crippen LogP contribution is -2.28. The third-order valence-electron chi connectivity index (χ3n) is 4.32. The predicted octanol–water partition coefficient (Wildman–Crippen LogP) is 3.65. The molecule has 1 aliphatic rings. The second-order valence-corrected chi connectivity index (χ2v) is 6.19. The highest BCUT2D eigenvalue weighted by molar-refractivity contribution is 5.99. The van der Waals surface area contributed by atoms with Gasteiger partial charge in [0.15, 0.2) is 12.4 Å². The van der Waals surface area contributed by atoms with Gasteiger partial charge in [-0.05, 0) is 17.7 Å². The van der Waals surface area contributed by atoms with Crippen molar-refractivity contribution in [3.05, 3.63) is 71.7 Å². The van der Waals surface area contributed by atoms with Crippen LogP contribution in [0.5, 0.6) is 0 Å². The van der Waals surface area contributed by atoms with E-state index < -0.39 is 17.7 Å². The van der Waals surface area contributed by atoms with E-state index in [9.17, 15) is 14.0 Å². The third kappa shape index (κ3) is 3.57. The molecule has 0 radical (unpaired) electrons. The molecule has 2 heterocycles.